The van der Waals surface area contributed by atoms with E-state index in [9.17, 15) is 13.2 Å². The number of nitrogens with one attached hydrogen (secondary N) is 1. The van der Waals surface area contributed by atoms with E-state index >= 15 is 0 Å². The highest BCUT2D eigenvalue weighted by Crippen LogP contribution is 2.23. The van der Waals surface area contributed by atoms with E-state index in [0.717, 1.165) is 19.3 Å². The van der Waals surface area contributed by atoms with Crippen LogP contribution in [0.1, 0.15) is 27.9 Å². The molecule has 0 saturated carbocycles. The van der Waals surface area contributed by atoms with Crippen LogP contribution in [0.25, 0.3) is 0 Å². The second-order valence-electron chi connectivity index (χ2n) is 5.82. The zero-order valence-corrected chi connectivity index (χ0v) is 15.1. The molecule has 7 heteroatoms. The zero-order chi connectivity index (χ0) is 17.9. The maximum atomic E-state index is 12.1. The van der Waals surface area contributed by atoms with E-state index in [2.05, 4.69) is 4.72 Å². The number of carbonyl (C=O) groups is 1. The number of carbonyl (C=O) groups excluding carboxylic acids is 1. The lowest BCUT2D eigenvalue weighted by Crippen LogP contribution is -2.28. The fourth-order valence-corrected chi connectivity index (χ4v) is 3.94. The highest BCUT2D eigenvalue weighted by atomic mass is 35.5. The smallest absolute Gasteiger partial charge is 0.338 e. The number of hydrogen-bond donors (Lipinski definition) is 1. The Morgan fingerprint density at radius 3 is 2.56 bits per heavy atom. The number of benzene rings is 2. The predicted octanol–water partition coefficient (Wildman–Crippen LogP) is 2.96. The third kappa shape index (κ3) is 4.39. The summed E-state index contributed by atoms with van der Waals surface area (Å²) in [7, 11) is -3.65. The highest BCUT2D eigenvalue weighted by molar-refractivity contribution is 7.89. The predicted molar refractivity (Wildman–Crippen MR) is 95.4 cm³/mol. The van der Waals surface area contributed by atoms with Gasteiger partial charge in [-0.1, -0.05) is 17.7 Å². The van der Waals surface area contributed by atoms with Crippen LogP contribution in [0.15, 0.2) is 47.4 Å². The summed E-state index contributed by atoms with van der Waals surface area (Å²) in [6.45, 7) is -0.0373. The summed E-state index contributed by atoms with van der Waals surface area (Å²) in [5, 5.41) is 0.460. The van der Waals surface area contributed by atoms with E-state index in [1.54, 1.807) is 6.07 Å². The van der Waals surface area contributed by atoms with Crippen molar-refractivity contribution in [3.63, 3.8) is 0 Å². The molecule has 1 N–H and O–H groups in total. The number of sulfonamides is 1. The Morgan fingerprint density at radius 1 is 1.08 bits per heavy atom. The lowest BCUT2D eigenvalue weighted by Gasteiger charge is -2.09. The fourth-order valence-electron chi connectivity index (χ4n) is 2.80. The Kier molecular flexibility index (Phi) is 5.42. The molecule has 0 amide bonds. The van der Waals surface area contributed by atoms with Crippen LogP contribution >= 0.6 is 11.6 Å². The molecule has 1 aliphatic carbocycles. The van der Waals surface area contributed by atoms with Crippen molar-refractivity contribution in [2.75, 3.05) is 13.2 Å². The van der Waals surface area contributed by atoms with Crippen LogP contribution in [0.4, 0.5) is 0 Å². The van der Waals surface area contributed by atoms with Gasteiger partial charge in [0.15, 0.2) is 0 Å². The van der Waals surface area contributed by atoms with Crippen molar-refractivity contribution in [3.05, 3.63) is 64.2 Å². The van der Waals surface area contributed by atoms with Crippen molar-refractivity contribution in [3.8, 4) is 0 Å². The molecule has 0 spiro atoms. The number of halogens is 1. The molecule has 132 valence electrons. The highest BCUT2D eigenvalue weighted by Gasteiger charge is 2.16. The van der Waals surface area contributed by atoms with Crippen molar-refractivity contribution in [2.45, 2.75) is 24.2 Å². The summed E-state index contributed by atoms with van der Waals surface area (Å²) in [5.74, 6) is -0.444. The minimum absolute atomic E-state index is 0.00163. The summed E-state index contributed by atoms with van der Waals surface area (Å²) in [4.78, 5) is 12.2. The molecule has 5 nitrogen and oxygen atoms in total. The molecule has 0 aromatic heterocycles. The van der Waals surface area contributed by atoms with Crippen LogP contribution in [-0.4, -0.2) is 27.5 Å². The summed E-state index contributed by atoms with van der Waals surface area (Å²) >= 11 is 5.74. The Labute approximate surface area is 152 Å². The van der Waals surface area contributed by atoms with Crippen molar-refractivity contribution in [2.24, 2.45) is 0 Å². The standard InChI is InChI=1S/C18H18ClNO4S/c19-16-6-8-17(9-7-16)25(22,23)20-10-11-24-18(21)15-5-4-13-2-1-3-14(13)12-15/h4-9,12,20H,1-3,10-11H2. The van der Waals surface area contributed by atoms with Crippen molar-refractivity contribution in [1.82, 2.24) is 4.72 Å². The van der Waals surface area contributed by atoms with Gasteiger partial charge in [0.25, 0.3) is 0 Å². The van der Waals surface area contributed by atoms with Gasteiger partial charge in [-0.3, -0.25) is 0 Å². The van der Waals surface area contributed by atoms with E-state index in [4.69, 9.17) is 16.3 Å². The molecule has 0 fully saturated rings. The van der Waals surface area contributed by atoms with Crippen molar-refractivity contribution in [1.29, 1.82) is 0 Å². The minimum Gasteiger partial charge on any atom is -0.461 e. The van der Waals surface area contributed by atoms with Crippen LogP contribution in [0.3, 0.4) is 0 Å². The molecule has 0 aliphatic heterocycles. The van der Waals surface area contributed by atoms with E-state index in [-0.39, 0.29) is 18.0 Å². The average Bonchev–Trinajstić information content (AvgIpc) is 3.06. The molecule has 3 rings (SSSR count). The number of fused-ring (bicyclic) bond motifs is 1. The largest absolute Gasteiger partial charge is 0.461 e. The number of esters is 1. The molecule has 2 aromatic carbocycles. The first-order valence-corrected chi connectivity index (χ1v) is 9.86. The topological polar surface area (TPSA) is 72.5 Å². The van der Waals surface area contributed by atoms with Crippen molar-refractivity contribution >= 4 is 27.6 Å². The van der Waals surface area contributed by atoms with Gasteiger partial charge in [-0.25, -0.2) is 17.9 Å². The van der Waals surface area contributed by atoms with E-state index in [1.807, 2.05) is 12.1 Å². The minimum atomic E-state index is -3.65. The molecule has 2 aromatic rings. The van der Waals surface area contributed by atoms with Gasteiger partial charge in [0.1, 0.15) is 6.61 Å². The monoisotopic (exact) mass is 379 g/mol. The van der Waals surface area contributed by atoms with Crippen LogP contribution in [0.5, 0.6) is 0 Å². The van der Waals surface area contributed by atoms with Gasteiger partial charge in [-0.2, -0.15) is 0 Å². The summed E-state index contributed by atoms with van der Waals surface area (Å²) in [5.41, 5.74) is 2.98. The van der Waals surface area contributed by atoms with Crippen LogP contribution in [0.2, 0.25) is 5.02 Å². The fraction of sp³-hybridized carbons (Fsp3) is 0.278. The van der Waals surface area contributed by atoms with Crippen LogP contribution in [-0.2, 0) is 27.6 Å². The van der Waals surface area contributed by atoms with Gasteiger partial charge in [0.2, 0.25) is 10.0 Å². The zero-order valence-electron chi connectivity index (χ0n) is 13.5. The lowest BCUT2D eigenvalue weighted by atomic mass is 10.1. The molecule has 25 heavy (non-hydrogen) atoms. The van der Waals surface area contributed by atoms with Gasteiger partial charge in [-0.05, 0) is 66.8 Å². The summed E-state index contributed by atoms with van der Waals surface area (Å²) < 4.78 is 31.7. The molecule has 0 unspecified atom stereocenters. The first kappa shape index (κ1) is 17.9. The maximum absolute atomic E-state index is 12.1. The molecule has 0 radical (unpaired) electrons. The number of hydrogen-bond acceptors (Lipinski definition) is 4. The van der Waals surface area contributed by atoms with Gasteiger partial charge < -0.3 is 4.74 Å². The number of rotatable bonds is 6. The van der Waals surface area contributed by atoms with Crippen molar-refractivity contribution < 1.29 is 17.9 Å². The van der Waals surface area contributed by atoms with Crippen LogP contribution < -0.4 is 4.72 Å². The molecular weight excluding hydrogens is 362 g/mol. The van der Waals surface area contributed by atoms with E-state index in [0.29, 0.717) is 10.6 Å². The van der Waals surface area contributed by atoms with Gasteiger partial charge >= 0.3 is 5.97 Å². The summed E-state index contributed by atoms with van der Waals surface area (Å²) in [6, 6.07) is 11.4. The lowest BCUT2D eigenvalue weighted by molar-refractivity contribution is 0.0513. The Balaban J connectivity index is 1.51. The van der Waals surface area contributed by atoms with E-state index in [1.165, 1.54) is 35.4 Å². The third-order valence-corrected chi connectivity index (χ3v) is 5.81. The van der Waals surface area contributed by atoms with Gasteiger partial charge in [0.05, 0.1) is 10.5 Å². The molecule has 0 bridgehead atoms. The normalized spacial score (nSPS) is 13.5. The van der Waals surface area contributed by atoms with Gasteiger partial charge in [-0.15, -0.1) is 0 Å². The molecule has 1 aliphatic rings. The quantitative estimate of drug-likeness (QED) is 0.618. The number of ether oxygens (including phenoxy) is 1. The molecule has 0 saturated heterocycles. The number of aryl methyl sites for hydroxylation is 2. The second-order valence-corrected chi connectivity index (χ2v) is 8.03. The van der Waals surface area contributed by atoms with E-state index < -0.39 is 16.0 Å². The first-order chi connectivity index (χ1) is 12.0. The first-order valence-electron chi connectivity index (χ1n) is 8.00. The Morgan fingerprint density at radius 2 is 1.80 bits per heavy atom. The maximum Gasteiger partial charge on any atom is 0.338 e. The van der Waals surface area contributed by atoms with Crippen LogP contribution in [0, 0.1) is 0 Å². The second kappa shape index (κ2) is 7.56. The SMILES string of the molecule is O=C(OCCNS(=O)(=O)c1ccc(Cl)cc1)c1ccc2c(c1)CCC2. The average molecular weight is 380 g/mol. The molecule has 0 heterocycles. The Hall–Kier alpha value is -1.89. The molecular formula is C18H18ClNO4S. The Bertz CT molecular complexity index is 878. The molecule has 0 atom stereocenters. The van der Waals surface area contributed by atoms with Gasteiger partial charge in [0, 0.05) is 11.6 Å². The summed E-state index contributed by atoms with van der Waals surface area (Å²) in [6.07, 6.45) is 3.15. The third-order valence-electron chi connectivity index (χ3n) is 4.09.